The van der Waals surface area contributed by atoms with Gasteiger partial charge in [0, 0.05) is 13.1 Å². The molecule has 104 valence electrons. The topological polar surface area (TPSA) is 32.3 Å². The van der Waals surface area contributed by atoms with E-state index in [1.54, 1.807) is 0 Å². The largest absolute Gasteiger partial charge is 0.342 e. The molecule has 1 N–H and O–H groups in total. The molecule has 2 fully saturated rings. The van der Waals surface area contributed by atoms with E-state index in [4.69, 9.17) is 0 Å². The molecule has 0 radical (unpaired) electrons. The van der Waals surface area contributed by atoms with Gasteiger partial charge < -0.3 is 10.2 Å². The number of hydrogen-bond donors (Lipinski definition) is 1. The van der Waals surface area contributed by atoms with E-state index < -0.39 is 0 Å². The van der Waals surface area contributed by atoms with Crippen molar-refractivity contribution < 1.29 is 4.79 Å². The molecule has 0 aromatic rings. The highest BCUT2D eigenvalue weighted by atomic mass is 16.2. The molecule has 1 aliphatic carbocycles. The molecule has 0 aromatic heterocycles. The molecule has 1 saturated carbocycles. The number of nitrogens with zero attached hydrogens (tertiary/aromatic N) is 1. The summed E-state index contributed by atoms with van der Waals surface area (Å²) in [5, 5.41) is 3.33. The Morgan fingerprint density at radius 3 is 2.72 bits per heavy atom. The SMILES string of the molecule is CC1CCCC(CCNCC(=O)N2CCCC2)C1. The smallest absolute Gasteiger partial charge is 0.236 e. The maximum atomic E-state index is 11.8. The van der Waals surface area contributed by atoms with E-state index in [-0.39, 0.29) is 0 Å². The Kier molecular flexibility index (Phi) is 5.48. The number of carbonyl (C=O) groups excluding carboxylic acids is 1. The Balaban J connectivity index is 1.53. The van der Waals surface area contributed by atoms with Crippen LogP contribution in [0.4, 0.5) is 0 Å². The van der Waals surface area contributed by atoms with Crippen LogP contribution in [-0.2, 0) is 4.79 Å². The summed E-state index contributed by atoms with van der Waals surface area (Å²) in [5.41, 5.74) is 0. The van der Waals surface area contributed by atoms with Gasteiger partial charge in [-0.1, -0.05) is 26.2 Å². The molecular formula is C15H28N2O. The third kappa shape index (κ3) is 4.27. The second kappa shape index (κ2) is 7.13. The fraction of sp³-hybridized carbons (Fsp3) is 0.933. The lowest BCUT2D eigenvalue weighted by Crippen LogP contribution is -2.36. The molecule has 2 unspecified atom stereocenters. The van der Waals surface area contributed by atoms with Crippen molar-refractivity contribution >= 4 is 5.91 Å². The van der Waals surface area contributed by atoms with Gasteiger partial charge in [-0.3, -0.25) is 4.79 Å². The number of carbonyl (C=O) groups is 1. The van der Waals surface area contributed by atoms with E-state index in [0.717, 1.165) is 31.5 Å². The first kappa shape index (κ1) is 13.9. The Morgan fingerprint density at radius 1 is 1.22 bits per heavy atom. The summed E-state index contributed by atoms with van der Waals surface area (Å²) in [5.74, 6) is 2.10. The van der Waals surface area contributed by atoms with Gasteiger partial charge in [-0.15, -0.1) is 0 Å². The van der Waals surface area contributed by atoms with Crippen molar-refractivity contribution in [3.63, 3.8) is 0 Å². The summed E-state index contributed by atoms with van der Waals surface area (Å²) in [6.07, 6.45) is 9.22. The van der Waals surface area contributed by atoms with Gasteiger partial charge in [-0.2, -0.15) is 0 Å². The van der Waals surface area contributed by atoms with Crippen LogP contribution in [0.1, 0.15) is 51.9 Å². The van der Waals surface area contributed by atoms with Crippen LogP contribution < -0.4 is 5.32 Å². The normalized spacial score (nSPS) is 28.6. The molecular weight excluding hydrogens is 224 g/mol. The van der Waals surface area contributed by atoms with Crippen molar-refractivity contribution in [1.29, 1.82) is 0 Å². The number of rotatable bonds is 5. The van der Waals surface area contributed by atoms with Crippen LogP contribution in [-0.4, -0.2) is 37.0 Å². The maximum Gasteiger partial charge on any atom is 0.236 e. The van der Waals surface area contributed by atoms with E-state index in [0.29, 0.717) is 12.5 Å². The van der Waals surface area contributed by atoms with E-state index in [9.17, 15) is 4.79 Å². The van der Waals surface area contributed by atoms with E-state index in [1.165, 1.54) is 44.9 Å². The van der Waals surface area contributed by atoms with Crippen LogP contribution in [0.3, 0.4) is 0 Å². The zero-order valence-electron chi connectivity index (χ0n) is 11.8. The van der Waals surface area contributed by atoms with Gasteiger partial charge in [-0.25, -0.2) is 0 Å². The van der Waals surface area contributed by atoms with Crippen molar-refractivity contribution in [1.82, 2.24) is 10.2 Å². The summed E-state index contributed by atoms with van der Waals surface area (Å²) in [6.45, 7) is 5.87. The molecule has 2 rings (SSSR count). The van der Waals surface area contributed by atoms with Crippen molar-refractivity contribution in [3.8, 4) is 0 Å². The van der Waals surface area contributed by atoms with Crippen LogP contribution in [0.2, 0.25) is 0 Å². The molecule has 1 amide bonds. The fourth-order valence-corrected chi connectivity index (χ4v) is 3.40. The summed E-state index contributed by atoms with van der Waals surface area (Å²) in [6, 6.07) is 0. The van der Waals surface area contributed by atoms with E-state index in [2.05, 4.69) is 12.2 Å². The highest BCUT2D eigenvalue weighted by molar-refractivity contribution is 5.78. The first-order valence-corrected chi connectivity index (χ1v) is 7.74. The zero-order chi connectivity index (χ0) is 12.8. The van der Waals surface area contributed by atoms with Crippen LogP contribution in [0.15, 0.2) is 0 Å². The average molecular weight is 252 g/mol. The Morgan fingerprint density at radius 2 is 2.00 bits per heavy atom. The molecule has 0 spiro atoms. The van der Waals surface area contributed by atoms with Crippen LogP contribution in [0, 0.1) is 11.8 Å². The van der Waals surface area contributed by atoms with Crippen molar-refractivity contribution in [2.45, 2.75) is 51.9 Å². The minimum Gasteiger partial charge on any atom is -0.342 e. The number of amides is 1. The lowest BCUT2D eigenvalue weighted by atomic mass is 9.81. The van der Waals surface area contributed by atoms with E-state index >= 15 is 0 Å². The highest BCUT2D eigenvalue weighted by Crippen LogP contribution is 2.30. The Hall–Kier alpha value is -0.570. The van der Waals surface area contributed by atoms with Gasteiger partial charge in [-0.05, 0) is 44.1 Å². The predicted octanol–water partition coefficient (Wildman–Crippen LogP) is 2.41. The minimum atomic E-state index is 0.296. The first-order chi connectivity index (χ1) is 8.75. The Labute approximate surface area is 111 Å². The quantitative estimate of drug-likeness (QED) is 0.762. The molecule has 1 aliphatic heterocycles. The Bertz CT molecular complexity index is 261. The maximum absolute atomic E-state index is 11.8. The second-order valence-corrected chi connectivity index (χ2v) is 6.19. The van der Waals surface area contributed by atoms with Gasteiger partial charge in [0.2, 0.25) is 5.91 Å². The van der Waals surface area contributed by atoms with Crippen LogP contribution >= 0.6 is 0 Å². The summed E-state index contributed by atoms with van der Waals surface area (Å²) in [7, 11) is 0. The van der Waals surface area contributed by atoms with Crippen molar-refractivity contribution in [3.05, 3.63) is 0 Å². The van der Waals surface area contributed by atoms with Gasteiger partial charge in [0.05, 0.1) is 6.54 Å². The second-order valence-electron chi connectivity index (χ2n) is 6.19. The molecule has 2 aliphatic rings. The monoisotopic (exact) mass is 252 g/mol. The van der Waals surface area contributed by atoms with Crippen molar-refractivity contribution in [2.24, 2.45) is 11.8 Å². The molecule has 3 heteroatoms. The zero-order valence-corrected chi connectivity index (χ0v) is 11.8. The fourth-order valence-electron chi connectivity index (χ4n) is 3.40. The third-order valence-electron chi connectivity index (χ3n) is 4.51. The van der Waals surface area contributed by atoms with Crippen LogP contribution in [0.25, 0.3) is 0 Å². The highest BCUT2D eigenvalue weighted by Gasteiger charge is 2.19. The van der Waals surface area contributed by atoms with Gasteiger partial charge in [0.15, 0.2) is 0 Å². The molecule has 3 nitrogen and oxygen atoms in total. The number of nitrogens with one attached hydrogen (secondary N) is 1. The lowest BCUT2D eigenvalue weighted by molar-refractivity contribution is -0.129. The summed E-state index contributed by atoms with van der Waals surface area (Å²) >= 11 is 0. The van der Waals surface area contributed by atoms with Gasteiger partial charge >= 0.3 is 0 Å². The molecule has 0 bridgehead atoms. The van der Waals surface area contributed by atoms with E-state index in [1.807, 2.05) is 4.90 Å². The number of hydrogen-bond acceptors (Lipinski definition) is 2. The summed E-state index contributed by atoms with van der Waals surface area (Å²) < 4.78 is 0. The minimum absolute atomic E-state index is 0.296. The van der Waals surface area contributed by atoms with Gasteiger partial charge in [0.25, 0.3) is 0 Å². The molecule has 1 saturated heterocycles. The van der Waals surface area contributed by atoms with Gasteiger partial charge in [0.1, 0.15) is 0 Å². The lowest BCUT2D eigenvalue weighted by Gasteiger charge is -2.26. The molecule has 18 heavy (non-hydrogen) atoms. The van der Waals surface area contributed by atoms with Crippen LogP contribution in [0.5, 0.6) is 0 Å². The number of likely N-dealkylation sites (tertiary alicyclic amines) is 1. The van der Waals surface area contributed by atoms with Crippen molar-refractivity contribution in [2.75, 3.05) is 26.2 Å². The molecule has 2 atom stereocenters. The standard InChI is InChI=1S/C15H28N2O/c1-13-5-4-6-14(11-13)7-8-16-12-15(18)17-9-2-3-10-17/h13-14,16H,2-12H2,1H3. The third-order valence-corrected chi connectivity index (χ3v) is 4.51. The predicted molar refractivity (Wildman–Crippen MR) is 74.4 cm³/mol. The molecule has 0 aromatic carbocycles. The average Bonchev–Trinajstić information content (AvgIpc) is 2.88. The summed E-state index contributed by atoms with van der Waals surface area (Å²) in [4.78, 5) is 13.8. The first-order valence-electron chi connectivity index (χ1n) is 7.74. The molecule has 1 heterocycles.